The number of ether oxygens (including phenoxy) is 2. The summed E-state index contributed by atoms with van der Waals surface area (Å²) in [5.74, 6) is 0. The summed E-state index contributed by atoms with van der Waals surface area (Å²) in [5, 5.41) is 0. The van der Waals surface area contributed by atoms with E-state index in [1.54, 1.807) is 0 Å². The van der Waals surface area contributed by atoms with E-state index >= 15 is 0 Å². The number of hydrogen-bond acceptors (Lipinski definition) is 4. The summed E-state index contributed by atoms with van der Waals surface area (Å²) in [4.78, 5) is 2.74. The van der Waals surface area contributed by atoms with E-state index in [0.717, 1.165) is 51.7 Å². The molecule has 0 aromatic rings. The van der Waals surface area contributed by atoms with E-state index < -0.39 is 0 Å². The monoisotopic (exact) mass is 268 g/mol. The molecule has 0 radical (unpaired) electrons. The van der Waals surface area contributed by atoms with Gasteiger partial charge in [0.05, 0.1) is 5.60 Å². The summed E-state index contributed by atoms with van der Waals surface area (Å²) in [7, 11) is 0. The minimum atomic E-state index is 0.122. The molecule has 1 aliphatic carbocycles. The quantitative estimate of drug-likeness (QED) is 0.821. The minimum Gasteiger partial charge on any atom is -0.381 e. The second-order valence-corrected chi connectivity index (χ2v) is 6.40. The van der Waals surface area contributed by atoms with Crippen molar-refractivity contribution in [1.29, 1.82) is 0 Å². The maximum Gasteiger partial charge on any atom is 0.0741 e. The molecule has 19 heavy (non-hydrogen) atoms. The summed E-state index contributed by atoms with van der Waals surface area (Å²) in [5.41, 5.74) is 5.82. The molecule has 3 aliphatic rings. The van der Waals surface area contributed by atoms with Gasteiger partial charge < -0.3 is 15.2 Å². The molecule has 0 amide bonds. The zero-order valence-electron chi connectivity index (χ0n) is 12.0. The first-order valence-electron chi connectivity index (χ1n) is 8.00. The van der Waals surface area contributed by atoms with Gasteiger partial charge in [-0.25, -0.2) is 0 Å². The molecule has 2 N–H and O–H groups in total. The lowest BCUT2D eigenvalue weighted by Gasteiger charge is -2.46. The van der Waals surface area contributed by atoms with Crippen LogP contribution in [0, 0.1) is 0 Å². The van der Waals surface area contributed by atoms with Gasteiger partial charge in [0.25, 0.3) is 0 Å². The standard InChI is InChI=1S/C15H28N2O2/c16-7-1-8-17(13-2-3-13)14-4-9-19-15(12-14)5-10-18-11-6-15/h13-14H,1-12,16H2. The van der Waals surface area contributed by atoms with Gasteiger partial charge in [0, 0.05) is 31.9 Å². The molecule has 2 saturated heterocycles. The largest absolute Gasteiger partial charge is 0.381 e. The van der Waals surface area contributed by atoms with E-state index in [-0.39, 0.29) is 5.60 Å². The fraction of sp³-hybridized carbons (Fsp3) is 1.00. The molecule has 1 atom stereocenters. The van der Waals surface area contributed by atoms with Crippen molar-refractivity contribution < 1.29 is 9.47 Å². The van der Waals surface area contributed by atoms with Gasteiger partial charge in [0.15, 0.2) is 0 Å². The summed E-state index contributed by atoms with van der Waals surface area (Å²) in [6, 6.07) is 1.55. The van der Waals surface area contributed by atoms with Crippen molar-refractivity contribution in [3.8, 4) is 0 Å². The SMILES string of the molecule is NCCCN(C1CC1)C1CCOC2(CCOCC2)C1. The third kappa shape index (κ3) is 3.30. The molecule has 2 heterocycles. The van der Waals surface area contributed by atoms with Crippen LogP contribution in [0.15, 0.2) is 0 Å². The highest BCUT2D eigenvalue weighted by Crippen LogP contribution is 2.39. The maximum absolute atomic E-state index is 6.16. The van der Waals surface area contributed by atoms with Crippen LogP contribution in [0.2, 0.25) is 0 Å². The lowest BCUT2D eigenvalue weighted by atomic mass is 9.83. The molecule has 2 aliphatic heterocycles. The van der Waals surface area contributed by atoms with Crippen LogP contribution in [0.1, 0.15) is 44.9 Å². The van der Waals surface area contributed by atoms with Crippen molar-refractivity contribution in [2.75, 3.05) is 32.9 Å². The smallest absolute Gasteiger partial charge is 0.0741 e. The van der Waals surface area contributed by atoms with Gasteiger partial charge in [-0.15, -0.1) is 0 Å². The average Bonchev–Trinajstić information content (AvgIpc) is 3.25. The van der Waals surface area contributed by atoms with Gasteiger partial charge in [-0.1, -0.05) is 0 Å². The summed E-state index contributed by atoms with van der Waals surface area (Å²) in [6.45, 7) is 4.66. The Morgan fingerprint density at radius 2 is 1.84 bits per heavy atom. The first-order valence-corrected chi connectivity index (χ1v) is 8.00. The number of nitrogens with two attached hydrogens (primary N) is 1. The molecule has 1 unspecified atom stereocenters. The average molecular weight is 268 g/mol. The van der Waals surface area contributed by atoms with Gasteiger partial charge >= 0.3 is 0 Å². The molecule has 110 valence electrons. The Labute approximate surface area is 116 Å². The van der Waals surface area contributed by atoms with E-state index in [9.17, 15) is 0 Å². The zero-order chi connectivity index (χ0) is 13.1. The van der Waals surface area contributed by atoms with Crippen LogP contribution >= 0.6 is 0 Å². The van der Waals surface area contributed by atoms with Crippen LogP contribution in [0.25, 0.3) is 0 Å². The van der Waals surface area contributed by atoms with Crippen LogP contribution in [-0.4, -0.2) is 55.5 Å². The van der Waals surface area contributed by atoms with Crippen molar-refractivity contribution in [1.82, 2.24) is 4.90 Å². The highest BCUT2D eigenvalue weighted by atomic mass is 16.5. The predicted octanol–water partition coefficient (Wildman–Crippen LogP) is 1.53. The van der Waals surface area contributed by atoms with Crippen LogP contribution < -0.4 is 5.73 Å². The number of hydrogen-bond donors (Lipinski definition) is 1. The molecule has 0 bridgehead atoms. The van der Waals surface area contributed by atoms with E-state index in [0.29, 0.717) is 6.04 Å². The lowest BCUT2D eigenvalue weighted by molar-refractivity contribution is -0.152. The number of rotatable bonds is 5. The van der Waals surface area contributed by atoms with Gasteiger partial charge in [0.2, 0.25) is 0 Å². The van der Waals surface area contributed by atoms with Gasteiger partial charge in [-0.2, -0.15) is 0 Å². The molecular formula is C15H28N2O2. The highest BCUT2D eigenvalue weighted by Gasteiger charge is 2.43. The maximum atomic E-state index is 6.16. The molecule has 1 saturated carbocycles. The first kappa shape index (κ1) is 13.8. The van der Waals surface area contributed by atoms with E-state index in [1.165, 1.54) is 32.2 Å². The Hall–Kier alpha value is -0.160. The van der Waals surface area contributed by atoms with Gasteiger partial charge in [-0.05, 0) is 58.0 Å². The van der Waals surface area contributed by atoms with Crippen molar-refractivity contribution in [3.05, 3.63) is 0 Å². The topological polar surface area (TPSA) is 47.7 Å². The molecule has 3 rings (SSSR count). The lowest BCUT2D eigenvalue weighted by Crippen LogP contribution is -2.52. The predicted molar refractivity (Wildman–Crippen MR) is 75.2 cm³/mol. The normalized spacial score (nSPS) is 30.9. The van der Waals surface area contributed by atoms with Crippen LogP contribution in [0.5, 0.6) is 0 Å². The fourth-order valence-electron chi connectivity index (χ4n) is 3.72. The van der Waals surface area contributed by atoms with Crippen molar-refractivity contribution in [2.45, 2.75) is 62.6 Å². The summed E-state index contributed by atoms with van der Waals surface area (Å²) >= 11 is 0. The number of nitrogens with zero attached hydrogens (tertiary/aromatic N) is 1. The minimum absolute atomic E-state index is 0.122. The molecular weight excluding hydrogens is 240 g/mol. The third-order valence-electron chi connectivity index (χ3n) is 4.98. The van der Waals surface area contributed by atoms with Gasteiger partial charge in [0.1, 0.15) is 0 Å². The fourth-order valence-corrected chi connectivity index (χ4v) is 3.72. The van der Waals surface area contributed by atoms with Crippen molar-refractivity contribution >= 4 is 0 Å². The van der Waals surface area contributed by atoms with E-state index in [2.05, 4.69) is 4.90 Å². The molecule has 0 aromatic carbocycles. The Balaban J connectivity index is 1.62. The highest BCUT2D eigenvalue weighted by molar-refractivity contribution is 4.96. The van der Waals surface area contributed by atoms with Crippen LogP contribution in [-0.2, 0) is 9.47 Å². The van der Waals surface area contributed by atoms with Crippen LogP contribution in [0.3, 0.4) is 0 Å². The van der Waals surface area contributed by atoms with E-state index in [4.69, 9.17) is 15.2 Å². The Morgan fingerprint density at radius 3 is 2.53 bits per heavy atom. The molecule has 0 aromatic heterocycles. The van der Waals surface area contributed by atoms with Gasteiger partial charge in [-0.3, -0.25) is 4.90 Å². The summed E-state index contributed by atoms with van der Waals surface area (Å²) in [6.07, 6.45) is 8.47. The Kier molecular flexibility index (Phi) is 4.42. The second kappa shape index (κ2) is 6.08. The van der Waals surface area contributed by atoms with Crippen molar-refractivity contribution in [3.63, 3.8) is 0 Å². The Morgan fingerprint density at radius 1 is 1.05 bits per heavy atom. The van der Waals surface area contributed by atoms with Crippen LogP contribution in [0.4, 0.5) is 0 Å². The molecule has 4 heteroatoms. The third-order valence-corrected chi connectivity index (χ3v) is 4.98. The molecule has 1 spiro atoms. The summed E-state index contributed by atoms with van der Waals surface area (Å²) < 4.78 is 11.7. The first-order chi connectivity index (χ1) is 9.33. The Bertz CT molecular complexity index is 282. The molecule has 4 nitrogen and oxygen atoms in total. The van der Waals surface area contributed by atoms with E-state index in [1.807, 2.05) is 0 Å². The molecule has 3 fully saturated rings. The van der Waals surface area contributed by atoms with Crippen molar-refractivity contribution in [2.24, 2.45) is 5.73 Å². The second-order valence-electron chi connectivity index (χ2n) is 6.40. The zero-order valence-corrected chi connectivity index (χ0v) is 12.0.